The molecule has 1 aliphatic heterocycles. The van der Waals surface area contributed by atoms with Crippen LogP contribution in [0.4, 0.5) is 0 Å². The highest BCUT2D eigenvalue weighted by Gasteiger charge is 2.43. The number of hydrogen-bond donors (Lipinski definition) is 2. The van der Waals surface area contributed by atoms with Crippen LogP contribution in [0.15, 0.2) is 12.2 Å². The molecular weight excluding hydrogens is 330 g/mol. The molecule has 5 heteroatoms. The first-order valence-corrected chi connectivity index (χ1v) is 10.2. The number of aliphatic carboxylic acids is 1. The second kappa shape index (κ2) is 11.4. The Hall–Kier alpha value is -1.36. The lowest BCUT2D eigenvalue weighted by atomic mass is 9.89. The van der Waals surface area contributed by atoms with Gasteiger partial charge in [0.2, 0.25) is 5.91 Å². The van der Waals surface area contributed by atoms with Crippen molar-refractivity contribution in [2.45, 2.75) is 97.1 Å². The van der Waals surface area contributed by atoms with Crippen LogP contribution in [0.2, 0.25) is 0 Å². The molecule has 0 aromatic rings. The van der Waals surface area contributed by atoms with Gasteiger partial charge in [0.25, 0.3) is 0 Å². The van der Waals surface area contributed by atoms with Crippen LogP contribution in [-0.4, -0.2) is 45.7 Å². The summed E-state index contributed by atoms with van der Waals surface area (Å²) in [6, 6.07) is 0.0531. The molecule has 0 aliphatic carbocycles. The van der Waals surface area contributed by atoms with E-state index in [2.05, 4.69) is 6.92 Å². The van der Waals surface area contributed by atoms with Crippen molar-refractivity contribution >= 4 is 11.9 Å². The van der Waals surface area contributed by atoms with E-state index in [-0.39, 0.29) is 23.8 Å². The van der Waals surface area contributed by atoms with Gasteiger partial charge in [-0.15, -0.1) is 0 Å². The van der Waals surface area contributed by atoms with Crippen LogP contribution in [0.25, 0.3) is 0 Å². The van der Waals surface area contributed by atoms with E-state index in [1.165, 1.54) is 0 Å². The molecule has 0 saturated carbocycles. The number of aliphatic hydroxyl groups is 1. The minimum atomic E-state index is -0.746. The molecular formula is C21H37NO4. The van der Waals surface area contributed by atoms with Gasteiger partial charge >= 0.3 is 5.97 Å². The smallest absolute Gasteiger partial charge is 0.303 e. The number of carboxylic acid groups (broad SMARTS) is 1. The van der Waals surface area contributed by atoms with Crippen LogP contribution in [0.1, 0.15) is 85.0 Å². The van der Waals surface area contributed by atoms with Gasteiger partial charge < -0.3 is 15.1 Å². The van der Waals surface area contributed by atoms with E-state index in [4.69, 9.17) is 5.11 Å². The first-order chi connectivity index (χ1) is 12.3. The van der Waals surface area contributed by atoms with Crippen molar-refractivity contribution in [1.29, 1.82) is 0 Å². The second-order valence-corrected chi connectivity index (χ2v) is 8.16. The fraction of sp³-hybridized carbons (Fsp3) is 0.810. The second-order valence-electron chi connectivity index (χ2n) is 8.16. The summed E-state index contributed by atoms with van der Waals surface area (Å²) in [5.74, 6) is -0.567. The van der Waals surface area contributed by atoms with E-state index in [0.717, 1.165) is 51.4 Å². The number of nitrogens with zero attached hydrogens (tertiary/aromatic N) is 1. The maximum Gasteiger partial charge on any atom is 0.303 e. The third-order valence-electron chi connectivity index (χ3n) is 5.16. The number of hydrogen-bond acceptors (Lipinski definition) is 3. The normalized spacial score (nSPS) is 20.8. The van der Waals surface area contributed by atoms with E-state index in [1.807, 2.05) is 30.9 Å². The molecule has 0 radical (unpaired) electrons. The Morgan fingerprint density at radius 2 is 1.92 bits per heavy atom. The predicted octanol–water partition coefficient (Wildman–Crippen LogP) is 4.15. The minimum absolute atomic E-state index is 0.0531. The maximum absolute atomic E-state index is 12.7. The van der Waals surface area contributed by atoms with E-state index in [0.29, 0.717) is 13.0 Å². The monoisotopic (exact) mass is 367 g/mol. The minimum Gasteiger partial charge on any atom is -0.481 e. The van der Waals surface area contributed by atoms with Crippen LogP contribution in [0.5, 0.6) is 0 Å². The van der Waals surface area contributed by atoms with Gasteiger partial charge in [-0.2, -0.15) is 0 Å². The standard InChI is InChI=1S/C21H37NO4/c1-4-5-8-11-18(23)14-13-17-16-21(2,3)20(26)22(17)15-10-7-6-9-12-19(24)25/h13-14,17-18,23H,4-12,15-16H2,1-3H3,(H,24,25)/b14-13+/t17-,18?/m0/s1. The molecule has 2 N–H and O–H groups in total. The molecule has 26 heavy (non-hydrogen) atoms. The summed E-state index contributed by atoms with van der Waals surface area (Å²) in [6.45, 7) is 6.83. The molecule has 1 saturated heterocycles. The molecule has 2 atom stereocenters. The van der Waals surface area contributed by atoms with Gasteiger partial charge in [-0.3, -0.25) is 9.59 Å². The van der Waals surface area contributed by atoms with Gasteiger partial charge in [0, 0.05) is 18.4 Å². The van der Waals surface area contributed by atoms with Gasteiger partial charge in [0.1, 0.15) is 0 Å². The Morgan fingerprint density at radius 1 is 1.23 bits per heavy atom. The Balaban J connectivity index is 2.48. The van der Waals surface area contributed by atoms with E-state index >= 15 is 0 Å². The summed E-state index contributed by atoms with van der Waals surface area (Å²) in [6.07, 6.45) is 11.9. The molecule has 0 aromatic heterocycles. The zero-order valence-corrected chi connectivity index (χ0v) is 16.7. The Kier molecular flexibility index (Phi) is 9.92. The topological polar surface area (TPSA) is 77.8 Å². The van der Waals surface area contributed by atoms with E-state index < -0.39 is 12.1 Å². The highest BCUT2D eigenvalue weighted by molar-refractivity contribution is 5.85. The quantitative estimate of drug-likeness (QED) is 0.379. The van der Waals surface area contributed by atoms with Crippen molar-refractivity contribution < 1.29 is 19.8 Å². The fourth-order valence-corrected chi connectivity index (χ4v) is 3.57. The van der Waals surface area contributed by atoms with Crippen molar-refractivity contribution in [2.75, 3.05) is 6.54 Å². The number of likely N-dealkylation sites (tertiary alicyclic amines) is 1. The average Bonchev–Trinajstić information content (AvgIpc) is 2.78. The average molecular weight is 368 g/mol. The van der Waals surface area contributed by atoms with E-state index in [9.17, 15) is 14.7 Å². The molecule has 1 unspecified atom stereocenters. The summed E-state index contributed by atoms with van der Waals surface area (Å²) in [4.78, 5) is 25.1. The van der Waals surface area contributed by atoms with E-state index in [1.54, 1.807) is 0 Å². The van der Waals surface area contributed by atoms with Crippen molar-refractivity contribution in [1.82, 2.24) is 4.90 Å². The van der Waals surface area contributed by atoms with Crippen LogP contribution in [0.3, 0.4) is 0 Å². The largest absolute Gasteiger partial charge is 0.481 e. The Labute approximate surface area is 158 Å². The fourth-order valence-electron chi connectivity index (χ4n) is 3.57. The highest BCUT2D eigenvalue weighted by Crippen LogP contribution is 2.36. The molecule has 0 spiro atoms. The lowest BCUT2D eigenvalue weighted by molar-refractivity contribution is -0.137. The number of carboxylic acids is 1. The van der Waals surface area contributed by atoms with Crippen molar-refractivity contribution in [3.05, 3.63) is 12.2 Å². The van der Waals surface area contributed by atoms with Crippen molar-refractivity contribution in [3.63, 3.8) is 0 Å². The molecule has 0 bridgehead atoms. The number of unbranched alkanes of at least 4 members (excludes halogenated alkanes) is 5. The Morgan fingerprint density at radius 3 is 2.58 bits per heavy atom. The number of rotatable bonds is 13. The molecule has 5 nitrogen and oxygen atoms in total. The first kappa shape index (κ1) is 22.7. The van der Waals surface area contributed by atoms with Gasteiger partial charge in [0.15, 0.2) is 0 Å². The molecule has 1 rings (SSSR count). The molecule has 1 amide bonds. The van der Waals surface area contributed by atoms with Gasteiger partial charge in [-0.25, -0.2) is 0 Å². The van der Waals surface area contributed by atoms with Gasteiger partial charge in [-0.05, 0) is 25.7 Å². The van der Waals surface area contributed by atoms with Crippen LogP contribution >= 0.6 is 0 Å². The summed E-state index contributed by atoms with van der Waals surface area (Å²) >= 11 is 0. The summed E-state index contributed by atoms with van der Waals surface area (Å²) < 4.78 is 0. The highest BCUT2D eigenvalue weighted by atomic mass is 16.4. The van der Waals surface area contributed by atoms with Crippen molar-refractivity contribution in [3.8, 4) is 0 Å². The maximum atomic E-state index is 12.7. The number of amides is 1. The number of carbonyl (C=O) groups is 2. The molecule has 1 fully saturated rings. The van der Waals surface area contributed by atoms with Crippen LogP contribution in [0, 0.1) is 5.41 Å². The SMILES string of the molecule is CCCCCC(O)/C=C/[C@H]1CC(C)(C)C(=O)N1CCCCCCC(=O)O. The third kappa shape index (κ3) is 7.90. The van der Waals surface area contributed by atoms with Crippen LogP contribution < -0.4 is 0 Å². The summed E-state index contributed by atoms with van der Waals surface area (Å²) in [5.41, 5.74) is -0.356. The predicted molar refractivity (Wildman–Crippen MR) is 104 cm³/mol. The number of aliphatic hydroxyl groups excluding tert-OH is 1. The first-order valence-electron chi connectivity index (χ1n) is 10.2. The summed E-state index contributed by atoms with van der Waals surface area (Å²) in [7, 11) is 0. The molecule has 1 aliphatic rings. The zero-order chi connectivity index (χ0) is 19.6. The lowest BCUT2D eigenvalue weighted by Crippen LogP contribution is -2.35. The lowest BCUT2D eigenvalue weighted by Gasteiger charge is -2.23. The summed E-state index contributed by atoms with van der Waals surface area (Å²) in [5, 5.41) is 18.8. The Bertz CT molecular complexity index is 473. The van der Waals surface area contributed by atoms with Crippen LogP contribution in [-0.2, 0) is 9.59 Å². The number of carbonyl (C=O) groups excluding carboxylic acids is 1. The van der Waals surface area contributed by atoms with Gasteiger partial charge in [-0.1, -0.05) is 65.0 Å². The molecule has 1 heterocycles. The third-order valence-corrected chi connectivity index (χ3v) is 5.16. The molecule has 0 aromatic carbocycles. The van der Waals surface area contributed by atoms with Gasteiger partial charge in [0.05, 0.1) is 12.1 Å². The van der Waals surface area contributed by atoms with Crippen molar-refractivity contribution in [2.24, 2.45) is 5.41 Å². The molecule has 150 valence electrons. The zero-order valence-electron chi connectivity index (χ0n) is 16.7.